The van der Waals surface area contributed by atoms with Gasteiger partial charge in [-0.15, -0.1) is 0 Å². The second-order valence-corrected chi connectivity index (χ2v) is 11.1. The molecule has 0 atom stereocenters. The SMILES string of the molecule is CCC(C)(C)Oc1ccc(OCCCCCCCCCCOc2ccc(OC(C)(C)CC)c(F)c2)cc1F. The summed E-state index contributed by atoms with van der Waals surface area (Å²) in [6, 6.07) is 9.62. The molecule has 0 aliphatic carbocycles. The normalized spacial score (nSPS) is 11.9. The molecule has 0 N–H and O–H groups in total. The van der Waals surface area contributed by atoms with Gasteiger partial charge in [0.1, 0.15) is 22.7 Å². The molecule has 0 radical (unpaired) electrons. The molecule has 0 aliphatic rings. The number of ether oxygens (including phenoxy) is 4. The second-order valence-electron chi connectivity index (χ2n) is 11.1. The highest BCUT2D eigenvalue weighted by Crippen LogP contribution is 2.28. The Kier molecular flexibility index (Phi) is 13.2. The first-order valence-corrected chi connectivity index (χ1v) is 14.3. The summed E-state index contributed by atoms with van der Waals surface area (Å²) in [7, 11) is 0. The third-order valence-corrected chi connectivity index (χ3v) is 6.86. The largest absolute Gasteiger partial charge is 0.493 e. The van der Waals surface area contributed by atoms with Gasteiger partial charge in [-0.1, -0.05) is 52.4 Å². The summed E-state index contributed by atoms with van der Waals surface area (Å²) < 4.78 is 51.5. The van der Waals surface area contributed by atoms with Gasteiger partial charge >= 0.3 is 0 Å². The van der Waals surface area contributed by atoms with Crippen LogP contribution in [0.5, 0.6) is 23.0 Å². The molecule has 0 saturated heterocycles. The molecule has 0 amide bonds. The van der Waals surface area contributed by atoms with E-state index in [2.05, 4.69) is 0 Å². The molecule has 2 aromatic carbocycles. The van der Waals surface area contributed by atoms with E-state index in [9.17, 15) is 8.78 Å². The van der Waals surface area contributed by atoms with Crippen molar-refractivity contribution in [3.05, 3.63) is 48.0 Å². The third-order valence-electron chi connectivity index (χ3n) is 6.86. The smallest absolute Gasteiger partial charge is 0.168 e. The number of benzene rings is 2. The van der Waals surface area contributed by atoms with Crippen molar-refractivity contribution < 1.29 is 27.7 Å². The van der Waals surface area contributed by atoms with Crippen LogP contribution in [-0.2, 0) is 0 Å². The Morgan fingerprint density at radius 3 is 1.21 bits per heavy atom. The van der Waals surface area contributed by atoms with Crippen LogP contribution >= 0.6 is 0 Å². The Morgan fingerprint density at radius 2 is 0.895 bits per heavy atom. The van der Waals surface area contributed by atoms with Crippen LogP contribution in [0, 0.1) is 11.6 Å². The van der Waals surface area contributed by atoms with Gasteiger partial charge in [0.25, 0.3) is 0 Å². The summed E-state index contributed by atoms with van der Waals surface area (Å²) in [6.45, 7) is 13.0. The van der Waals surface area contributed by atoms with Crippen LogP contribution in [0.3, 0.4) is 0 Å². The van der Waals surface area contributed by atoms with Crippen molar-refractivity contribution in [2.24, 2.45) is 0 Å². The van der Waals surface area contributed by atoms with Gasteiger partial charge < -0.3 is 18.9 Å². The summed E-state index contributed by atoms with van der Waals surface area (Å²) in [5.74, 6) is 0.833. The first-order chi connectivity index (χ1) is 18.0. The maximum Gasteiger partial charge on any atom is 0.168 e. The molecule has 214 valence electrons. The molecule has 6 heteroatoms. The van der Waals surface area contributed by atoms with Crippen LogP contribution in [0.4, 0.5) is 8.78 Å². The summed E-state index contributed by atoms with van der Waals surface area (Å²) in [5.41, 5.74) is -0.793. The molecule has 0 bridgehead atoms. The van der Waals surface area contributed by atoms with Crippen LogP contribution in [0.25, 0.3) is 0 Å². The van der Waals surface area contributed by atoms with E-state index >= 15 is 0 Å². The fraction of sp³-hybridized carbons (Fsp3) is 0.625. The fourth-order valence-corrected chi connectivity index (χ4v) is 3.69. The van der Waals surface area contributed by atoms with Crippen molar-refractivity contribution >= 4 is 0 Å². The van der Waals surface area contributed by atoms with Gasteiger partial charge in [-0.25, -0.2) is 8.78 Å². The number of hydrogen-bond acceptors (Lipinski definition) is 4. The molecular formula is C32H48F2O4. The Morgan fingerprint density at radius 1 is 0.553 bits per heavy atom. The molecule has 0 aliphatic heterocycles. The summed E-state index contributed by atoms with van der Waals surface area (Å²) >= 11 is 0. The predicted molar refractivity (Wildman–Crippen MR) is 151 cm³/mol. The number of halogens is 2. The average Bonchev–Trinajstić information content (AvgIpc) is 2.87. The second kappa shape index (κ2) is 15.8. The van der Waals surface area contributed by atoms with E-state index in [0.29, 0.717) is 24.7 Å². The van der Waals surface area contributed by atoms with Crippen molar-refractivity contribution in [3.63, 3.8) is 0 Å². The minimum atomic E-state index is -0.397. The summed E-state index contributed by atoms with van der Waals surface area (Å²) in [5, 5.41) is 0. The monoisotopic (exact) mass is 534 g/mol. The molecule has 0 spiro atoms. The Labute approximate surface area is 229 Å². The van der Waals surface area contributed by atoms with Crippen LogP contribution < -0.4 is 18.9 Å². The third kappa shape index (κ3) is 11.9. The van der Waals surface area contributed by atoms with E-state index in [1.54, 1.807) is 24.3 Å². The van der Waals surface area contributed by atoms with Crippen LogP contribution in [-0.4, -0.2) is 24.4 Å². The highest BCUT2D eigenvalue weighted by atomic mass is 19.1. The predicted octanol–water partition coefficient (Wildman–Crippen LogP) is 9.68. The molecule has 0 unspecified atom stereocenters. The standard InChI is InChI=1S/C32H48F2O4/c1-7-31(3,4)37-29-19-17-25(23-27(29)33)35-21-15-13-11-9-10-12-14-16-22-36-26-18-20-30(28(34)24-26)38-32(5,6)8-2/h17-20,23-24H,7-16,21-22H2,1-6H3. The zero-order valence-electron chi connectivity index (χ0n) is 24.3. The quantitative estimate of drug-likeness (QED) is 0.168. The van der Waals surface area contributed by atoms with E-state index < -0.39 is 11.2 Å². The van der Waals surface area contributed by atoms with Gasteiger partial charge in [0, 0.05) is 12.1 Å². The van der Waals surface area contributed by atoms with E-state index in [-0.39, 0.29) is 23.1 Å². The molecule has 4 nitrogen and oxygen atoms in total. The van der Waals surface area contributed by atoms with E-state index in [4.69, 9.17) is 18.9 Å². The number of unbranched alkanes of at least 4 members (excludes halogenated alkanes) is 7. The van der Waals surface area contributed by atoms with Crippen molar-refractivity contribution in [1.82, 2.24) is 0 Å². The van der Waals surface area contributed by atoms with Crippen molar-refractivity contribution in [2.75, 3.05) is 13.2 Å². The molecule has 0 aromatic heterocycles. The van der Waals surface area contributed by atoms with Crippen LogP contribution in [0.15, 0.2) is 36.4 Å². The first kappa shape index (κ1) is 31.7. The molecule has 2 rings (SSSR count). The lowest BCUT2D eigenvalue weighted by Gasteiger charge is -2.25. The molecular weight excluding hydrogens is 486 g/mol. The Bertz CT molecular complexity index is 881. The van der Waals surface area contributed by atoms with E-state index in [1.165, 1.54) is 25.0 Å². The zero-order chi connectivity index (χ0) is 28.0. The lowest BCUT2D eigenvalue weighted by Crippen LogP contribution is -2.27. The molecule has 0 fully saturated rings. The number of hydrogen-bond donors (Lipinski definition) is 0. The Balaban J connectivity index is 1.49. The van der Waals surface area contributed by atoms with E-state index in [1.807, 2.05) is 41.5 Å². The molecule has 0 heterocycles. The van der Waals surface area contributed by atoms with E-state index in [0.717, 1.165) is 51.4 Å². The molecule has 0 saturated carbocycles. The maximum atomic E-state index is 14.3. The lowest BCUT2D eigenvalue weighted by atomic mass is 10.1. The van der Waals surface area contributed by atoms with Crippen LogP contribution in [0.2, 0.25) is 0 Å². The fourth-order valence-electron chi connectivity index (χ4n) is 3.69. The molecule has 2 aromatic rings. The summed E-state index contributed by atoms with van der Waals surface area (Å²) in [4.78, 5) is 0. The van der Waals surface area contributed by atoms with Crippen molar-refractivity contribution in [1.29, 1.82) is 0 Å². The van der Waals surface area contributed by atoms with Crippen molar-refractivity contribution in [2.45, 2.75) is 117 Å². The highest BCUT2D eigenvalue weighted by molar-refractivity contribution is 5.34. The average molecular weight is 535 g/mol. The topological polar surface area (TPSA) is 36.9 Å². The highest BCUT2D eigenvalue weighted by Gasteiger charge is 2.20. The Hall–Kier alpha value is -2.50. The first-order valence-electron chi connectivity index (χ1n) is 14.3. The number of rotatable bonds is 19. The van der Waals surface area contributed by atoms with Crippen LogP contribution in [0.1, 0.15) is 106 Å². The maximum absolute atomic E-state index is 14.3. The summed E-state index contributed by atoms with van der Waals surface area (Å²) in [6.07, 6.45) is 10.4. The van der Waals surface area contributed by atoms with Gasteiger partial charge in [-0.2, -0.15) is 0 Å². The van der Waals surface area contributed by atoms with Gasteiger partial charge in [0.2, 0.25) is 0 Å². The lowest BCUT2D eigenvalue weighted by molar-refractivity contribution is 0.0989. The van der Waals surface area contributed by atoms with Gasteiger partial charge in [-0.05, 0) is 77.6 Å². The zero-order valence-corrected chi connectivity index (χ0v) is 24.3. The van der Waals surface area contributed by atoms with Gasteiger partial charge in [0.15, 0.2) is 23.1 Å². The van der Waals surface area contributed by atoms with Gasteiger partial charge in [0.05, 0.1) is 13.2 Å². The van der Waals surface area contributed by atoms with Gasteiger partial charge in [-0.3, -0.25) is 0 Å². The van der Waals surface area contributed by atoms with Crippen molar-refractivity contribution in [3.8, 4) is 23.0 Å². The molecule has 38 heavy (non-hydrogen) atoms. The minimum Gasteiger partial charge on any atom is -0.493 e. The minimum absolute atomic E-state index is 0.264.